The Kier molecular flexibility index (Phi) is 8.46. The molecule has 0 unspecified atom stereocenters. The summed E-state index contributed by atoms with van der Waals surface area (Å²) in [5.74, 6) is 0.0355. The van der Waals surface area contributed by atoms with Crippen LogP contribution >= 0.6 is 0 Å². The molecule has 0 radical (unpaired) electrons. The van der Waals surface area contributed by atoms with Crippen molar-refractivity contribution in [2.45, 2.75) is 40.0 Å². The molecule has 154 valence electrons. The summed E-state index contributed by atoms with van der Waals surface area (Å²) >= 11 is 0. The van der Waals surface area contributed by atoms with Gasteiger partial charge in [0.15, 0.2) is 0 Å². The van der Waals surface area contributed by atoms with Crippen LogP contribution in [0.4, 0.5) is 5.69 Å². The second-order valence-corrected chi connectivity index (χ2v) is 7.45. The van der Waals surface area contributed by atoms with Gasteiger partial charge in [0.05, 0.1) is 12.3 Å². The fourth-order valence-corrected chi connectivity index (χ4v) is 2.93. The lowest BCUT2D eigenvalue weighted by atomic mass is 9.99. The van der Waals surface area contributed by atoms with Crippen LogP contribution in [0.1, 0.15) is 44.7 Å². The molecule has 0 aliphatic carbocycles. The van der Waals surface area contributed by atoms with Gasteiger partial charge in [-0.3, -0.25) is 9.59 Å². The molecular weight excluding hydrogens is 366 g/mol. The number of carboxylic acids is 1. The van der Waals surface area contributed by atoms with Gasteiger partial charge in [0.25, 0.3) is 0 Å². The molecule has 0 atom stereocenters. The first-order chi connectivity index (χ1) is 13.8. The fraction of sp³-hybridized carbons (Fsp3) is 0.333. The van der Waals surface area contributed by atoms with Crippen molar-refractivity contribution in [3.05, 3.63) is 65.7 Å². The fourth-order valence-electron chi connectivity index (χ4n) is 2.93. The molecular formula is C24H29NO4. The van der Waals surface area contributed by atoms with E-state index in [-0.39, 0.29) is 18.9 Å². The average molecular weight is 395 g/mol. The summed E-state index contributed by atoms with van der Waals surface area (Å²) in [6.45, 7) is 6.57. The minimum Gasteiger partial charge on any atom is -0.491 e. The summed E-state index contributed by atoms with van der Waals surface area (Å²) in [6, 6.07) is 15.4. The smallest absolute Gasteiger partial charge is 0.303 e. The van der Waals surface area contributed by atoms with Crippen molar-refractivity contribution in [3.8, 4) is 5.75 Å². The maximum atomic E-state index is 12.5. The summed E-state index contributed by atoms with van der Waals surface area (Å²) < 4.78 is 5.62. The van der Waals surface area contributed by atoms with Gasteiger partial charge in [-0.05, 0) is 54.5 Å². The van der Waals surface area contributed by atoms with Gasteiger partial charge >= 0.3 is 5.97 Å². The Hall–Kier alpha value is -3.08. The number of rotatable bonds is 10. The number of benzene rings is 2. The zero-order valence-corrected chi connectivity index (χ0v) is 17.3. The van der Waals surface area contributed by atoms with Gasteiger partial charge in [-0.2, -0.15) is 0 Å². The number of carbonyl (C=O) groups is 2. The summed E-state index contributed by atoms with van der Waals surface area (Å²) in [5, 5.41) is 11.5. The van der Waals surface area contributed by atoms with Crippen LogP contribution in [0, 0.1) is 5.92 Å². The number of carbonyl (C=O) groups excluding carboxylic acids is 1. The maximum Gasteiger partial charge on any atom is 0.303 e. The highest BCUT2D eigenvalue weighted by Crippen LogP contribution is 2.24. The van der Waals surface area contributed by atoms with Gasteiger partial charge in [0, 0.05) is 12.5 Å². The molecule has 2 rings (SSSR count). The van der Waals surface area contributed by atoms with Crippen molar-refractivity contribution in [2.75, 3.05) is 11.9 Å². The second-order valence-electron chi connectivity index (χ2n) is 7.45. The van der Waals surface area contributed by atoms with Crippen molar-refractivity contribution in [1.29, 1.82) is 0 Å². The normalized spacial score (nSPS) is 11.4. The molecule has 5 nitrogen and oxygen atoms in total. The third-order valence-electron chi connectivity index (χ3n) is 4.34. The standard InChI is InChI=1S/C24H29NO4/c1-17(2)15-19-10-12-20(13-11-19)18(3)16-23(26)25-21-7-4-5-8-22(21)29-14-6-9-24(27)28/h4-5,7-8,10-13,16-17H,6,9,14-15H2,1-3H3,(H,25,26)(H,27,28)/b18-16+. The molecule has 2 N–H and O–H groups in total. The molecule has 0 aromatic heterocycles. The van der Waals surface area contributed by atoms with E-state index in [1.807, 2.05) is 31.2 Å². The Morgan fingerprint density at radius 2 is 1.79 bits per heavy atom. The minimum atomic E-state index is -0.854. The van der Waals surface area contributed by atoms with Crippen LogP contribution in [-0.2, 0) is 16.0 Å². The number of carboxylic acid groups (broad SMARTS) is 1. The summed E-state index contributed by atoms with van der Waals surface area (Å²) in [6.07, 6.45) is 3.06. The largest absolute Gasteiger partial charge is 0.491 e. The van der Waals surface area contributed by atoms with Gasteiger partial charge in [-0.1, -0.05) is 50.2 Å². The van der Waals surface area contributed by atoms with Crippen molar-refractivity contribution in [2.24, 2.45) is 5.92 Å². The Morgan fingerprint density at radius 3 is 2.45 bits per heavy atom. The first kappa shape index (κ1) is 22.2. The van der Waals surface area contributed by atoms with Crippen LogP contribution in [0.2, 0.25) is 0 Å². The number of para-hydroxylation sites is 2. The molecule has 29 heavy (non-hydrogen) atoms. The van der Waals surface area contributed by atoms with E-state index >= 15 is 0 Å². The van der Waals surface area contributed by atoms with E-state index in [4.69, 9.17) is 9.84 Å². The number of hydrogen-bond acceptors (Lipinski definition) is 3. The van der Waals surface area contributed by atoms with Crippen molar-refractivity contribution in [3.63, 3.8) is 0 Å². The third-order valence-corrected chi connectivity index (χ3v) is 4.34. The molecule has 2 aromatic carbocycles. The first-order valence-corrected chi connectivity index (χ1v) is 9.87. The minimum absolute atomic E-state index is 0.0480. The molecule has 5 heteroatoms. The molecule has 1 amide bonds. The monoisotopic (exact) mass is 395 g/mol. The lowest BCUT2D eigenvalue weighted by Gasteiger charge is -2.12. The zero-order chi connectivity index (χ0) is 21.2. The summed E-state index contributed by atoms with van der Waals surface area (Å²) in [7, 11) is 0. The van der Waals surface area contributed by atoms with E-state index in [9.17, 15) is 9.59 Å². The highest BCUT2D eigenvalue weighted by Gasteiger charge is 2.08. The van der Waals surface area contributed by atoms with Crippen molar-refractivity contribution >= 4 is 23.1 Å². The number of hydrogen-bond donors (Lipinski definition) is 2. The van der Waals surface area contributed by atoms with Crippen LogP contribution in [0.25, 0.3) is 5.57 Å². The second kappa shape index (κ2) is 11.1. The van der Waals surface area contributed by atoms with E-state index in [1.54, 1.807) is 18.2 Å². The van der Waals surface area contributed by atoms with Crippen LogP contribution in [-0.4, -0.2) is 23.6 Å². The first-order valence-electron chi connectivity index (χ1n) is 9.87. The Labute approximate surface area is 172 Å². The van der Waals surface area contributed by atoms with Crippen LogP contribution in [0.5, 0.6) is 5.75 Å². The molecule has 0 heterocycles. The molecule has 0 bridgehead atoms. The number of nitrogens with one attached hydrogen (secondary N) is 1. The van der Waals surface area contributed by atoms with Gasteiger partial charge in [-0.25, -0.2) is 0 Å². The Morgan fingerprint density at radius 1 is 1.10 bits per heavy atom. The molecule has 0 aliphatic heterocycles. The van der Waals surface area contributed by atoms with E-state index < -0.39 is 5.97 Å². The zero-order valence-electron chi connectivity index (χ0n) is 17.3. The van der Waals surface area contributed by atoms with Gasteiger partial charge < -0.3 is 15.2 Å². The van der Waals surface area contributed by atoms with E-state index in [2.05, 4.69) is 31.3 Å². The highest BCUT2D eigenvalue weighted by atomic mass is 16.5. The van der Waals surface area contributed by atoms with Crippen LogP contribution < -0.4 is 10.1 Å². The van der Waals surface area contributed by atoms with E-state index in [0.717, 1.165) is 17.6 Å². The molecule has 0 spiro atoms. The third kappa shape index (κ3) is 7.82. The summed E-state index contributed by atoms with van der Waals surface area (Å²) in [5.41, 5.74) is 3.73. The molecule has 0 saturated heterocycles. The number of anilines is 1. The molecule has 0 aliphatic rings. The Balaban J connectivity index is 1.99. The van der Waals surface area contributed by atoms with Gasteiger partial charge in [0.1, 0.15) is 5.75 Å². The van der Waals surface area contributed by atoms with Crippen molar-refractivity contribution in [1.82, 2.24) is 0 Å². The number of ether oxygens (including phenoxy) is 1. The van der Waals surface area contributed by atoms with Crippen LogP contribution in [0.15, 0.2) is 54.6 Å². The topological polar surface area (TPSA) is 75.6 Å². The highest BCUT2D eigenvalue weighted by molar-refractivity contribution is 6.04. The Bertz CT molecular complexity index is 853. The average Bonchev–Trinajstić information content (AvgIpc) is 2.66. The van der Waals surface area contributed by atoms with E-state index in [1.165, 1.54) is 5.56 Å². The summed E-state index contributed by atoms with van der Waals surface area (Å²) in [4.78, 5) is 23.0. The quantitative estimate of drug-likeness (QED) is 0.430. The van der Waals surface area contributed by atoms with Gasteiger partial charge in [0.2, 0.25) is 5.91 Å². The number of aliphatic carboxylic acids is 1. The number of allylic oxidation sites excluding steroid dienone is 1. The molecule has 0 saturated carbocycles. The maximum absolute atomic E-state index is 12.5. The lowest BCUT2D eigenvalue weighted by molar-refractivity contribution is -0.137. The van der Waals surface area contributed by atoms with Crippen molar-refractivity contribution < 1.29 is 19.4 Å². The SMILES string of the molecule is C/C(=C\C(=O)Nc1ccccc1OCCCC(=O)O)c1ccc(CC(C)C)cc1. The predicted octanol–water partition coefficient (Wildman–Crippen LogP) is 5.17. The predicted molar refractivity (Wildman–Crippen MR) is 116 cm³/mol. The lowest BCUT2D eigenvalue weighted by Crippen LogP contribution is -2.11. The molecule has 2 aromatic rings. The van der Waals surface area contributed by atoms with Crippen LogP contribution in [0.3, 0.4) is 0 Å². The van der Waals surface area contributed by atoms with E-state index in [0.29, 0.717) is 23.8 Å². The van der Waals surface area contributed by atoms with Gasteiger partial charge in [-0.15, -0.1) is 0 Å². The molecule has 0 fully saturated rings. The number of amides is 1.